The van der Waals surface area contributed by atoms with E-state index in [9.17, 15) is 4.39 Å². The van der Waals surface area contributed by atoms with Crippen molar-refractivity contribution < 1.29 is 4.39 Å². The van der Waals surface area contributed by atoms with Crippen LogP contribution in [0.5, 0.6) is 0 Å². The highest BCUT2D eigenvalue weighted by atomic mass is 19.1. The summed E-state index contributed by atoms with van der Waals surface area (Å²) in [5, 5.41) is 8.73. The molecule has 0 bridgehead atoms. The number of nitrogens with one attached hydrogen (secondary N) is 1. The summed E-state index contributed by atoms with van der Waals surface area (Å²) in [7, 11) is 0. The largest absolute Gasteiger partial charge is 0.365 e. The number of hydrogen-bond donors (Lipinski definition) is 1. The maximum Gasteiger partial charge on any atom is 0.168 e. The zero-order chi connectivity index (χ0) is 18.1. The van der Waals surface area contributed by atoms with E-state index in [1.807, 2.05) is 6.92 Å². The molecule has 1 N–H and O–H groups in total. The zero-order valence-electron chi connectivity index (χ0n) is 14.6. The van der Waals surface area contributed by atoms with Gasteiger partial charge in [0.1, 0.15) is 18.0 Å². The second-order valence-electron chi connectivity index (χ2n) is 6.24. The minimum atomic E-state index is -0.310. The van der Waals surface area contributed by atoms with Gasteiger partial charge in [0.15, 0.2) is 5.65 Å². The van der Waals surface area contributed by atoms with Crippen LogP contribution in [0.1, 0.15) is 16.8 Å². The lowest BCUT2D eigenvalue weighted by atomic mass is 10.1. The van der Waals surface area contributed by atoms with E-state index in [-0.39, 0.29) is 5.82 Å². The van der Waals surface area contributed by atoms with Gasteiger partial charge in [0.05, 0.1) is 16.8 Å². The SMILES string of the molecule is Cc1ccc(CNc2ncnc3c2c(C)nn3-c2cccc(F)c2)cc1. The lowest BCUT2D eigenvalue weighted by molar-refractivity contribution is 0.625. The van der Waals surface area contributed by atoms with Crippen LogP contribution in [0.4, 0.5) is 10.2 Å². The Morgan fingerprint density at radius 2 is 1.85 bits per heavy atom. The van der Waals surface area contributed by atoms with Crippen LogP contribution in [0.25, 0.3) is 16.7 Å². The van der Waals surface area contributed by atoms with Crippen LogP contribution >= 0.6 is 0 Å². The number of benzene rings is 2. The lowest BCUT2D eigenvalue weighted by Gasteiger charge is -2.08. The third-order valence-corrected chi connectivity index (χ3v) is 4.27. The van der Waals surface area contributed by atoms with Crippen molar-refractivity contribution in [1.82, 2.24) is 19.7 Å². The Kier molecular flexibility index (Phi) is 4.08. The van der Waals surface area contributed by atoms with Crippen molar-refractivity contribution in [3.8, 4) is 5.69 Å². The molecule has 130 valence electrons. The highest BCUT2D eigenvalue weighted by molar-refractivity contribution is 5.90. The maximum absolute atomic E-state index is 13.6. The lowest BCUT2D eigenvalue weighted by Crippen LogP contribution is -2.03. The summed E-state index contributed by atoms with van der Waals surface area (Å²) >= 11 is 0. The Morgan fingerprint density at radius 3 is 2.62 bits per heavy atom. The summed E-state index contributed by atoms with van der Waals surface area (Å²) in [6.07, 6.45) is 1.50. The predicted molar refractivity (Wildman–Crippen MR) is 99.9 cm³/mol. The molecule has 0 aliphatic heterocycles. The number of aryl methyl sites for hydroxylation is 2. The summed E-state index contributed by atoms with van der Waals surface area (Å²) in [5.41, 5.74) is 4.46. The van der Waals surface area contributed by atoms with E-state index in [1.54, 1.807) is 16.8 Å². The molecule has 0 atom stereocenters. The first-order valence-corrected chi connectivity index (χ1v) is 8.37. The highest BCUT2D eigenvalue weighted by Gasteiger charge is 2.15. The van der Waals surface area contributed by atoms with Crippen LogP contribution in [0.15, 0.2) is 54.9 Å². The molecule has 2 aromatic heterocycles. The van der Waals surface area contributed by atoms with Crippen molar-refractivity contribution in [3.05, 3.63) is 77.5 Å². The Hall–Kier alpha value is -3.28. The molecule has 0 amide bonds. The first-order chi connectivity index (χ1) is 12.6. The minimum Gasteiger partial charge on any atom is -0.365 e. The molecule has 0 radical (unpaired) electrons. The molecule has 4 rings (SSSR count). The van der Waals surface area contributed by atoms with Gasteiger partial charge in [-0.05, 0) is 37.6 Å². The summed E-state index contributed by atoms with van der Waals surface area (Å²) in [6, 6.07) is 14.6. The fraction of sp³-hybridized carbons (Fsp3) is 0.150. The molecular weight excluding hydrogens is 329 g/mol. The Morgan fingerprint density at radius 1 is 1.04 bits per heavy atom. The third kappa shape index (κ3) is 3.01. The molecule has 0 spiro atoms. The number of hydrogen-bond acceptors (Lipinski definition) is 4. The number of anilines is 1. The van der Waals surface area contributed by atoms with Crippen LogP contribution < -0.4 is 5.32 Å². The third-order valence-electron chi connectivity index (χ3n) is 4.27. The molecule has 0 fully saturated rings. The fourth-order valence-corrected chi connectivity index (χ4v) is 2.93. The molecule has 2 aromatic carbocycles. The van der Waals surface area contributed by atoms with E-state index in [4.69, 9.17) is 0 Å². The highest BCUT2D eigenvalue weighted by Crippen LogP contribution is 2.25. The van der Waals surface area contributed by atoms with Gasteiger partial charge in [-0.25, -0.2) is 19.0 Å². The molecule has 0 saturated heterocycles. The van der Waals surface area contributed by atoms with E-state index in [0.29, 0.717) is 17.9 Å². The van der Waals surface area contributed by atoms with Gasteiger partial charge in [-0.1, -0.05) is 35.9 Å². The standard InChI is InChI=1S/C20H18FN5/c1-13-6-8-15(9-7-13)11-22-19-18-14(2)25-26(20(18)24-12-23-19)17-5-3-4-16(21)10-17/h3-10,12H,11H2,1-2H3,(H,22,23,24). The number of rotatable bonds is 4. The van der Waals surface area contributed by atoms with Gasteiger partial charge in [-0.3, -0.25) is 0 Å². The first kappa shape index (κ1) is 16.2. The smallest absolute Gasteiger partial charge is 0.168 e. The molecule has 4 aromatic rings. The second-order valence-corrected chi connectivity index (χ2v) is 6.24. The fourth-order valence-electron chi connectivity index (χ4n) is 2.93. The van der Waals surface area contributed by atoms with E-state index in [1.165, 1.54) is 24.0 Å². The van der Waals surface area contributed by atoms with Crippen LogP contribution in [0.3, 0.4) is 0 Å². The summed E-state index contributed by atoms with van der Waals surface area (Å²) in [4.78, 5) is 8.74. The van der Waals surface area contributed by atoms with E-state index < -0.39 is 0 Å². The Bertz CT molecular complexity index is 1070. The summed E-state index contributed by atoms with van der Waals surface area (Å²) < 4.78 is 15.2. The molecule has 26 heavy (non-hydrogen) atoms. The van der Waals surface area contributed by atoms with Gasteiger partial charge in [0, 0.05) is 6.54 Å². The quantitative estimate of drug-likeness (QED) is 0.602. The normalized spacial score (nSPS) is 11.0. The average Bonchev–Trinajstić information content (AvgIpc) is 2.99. The summed E-state index contributed by atoms with van der Waals surface area (Å²) in [5.74, 6) is 0.409. The molecule has 6 heteroatoms. The van der Waals surface area contributed by atoms with Gasteiger partial charge < -0.3 is 5.32 Å². The number of aromatic nitrogens is 4. The number of halogens is 1. The topological polar surface area (TPSA) is 55.6 Å². The molecule has 2 heterocycles. The van der Waals surface area contributed by atoms with Gasteiger partial charge in [-0.2, -0.15) is 5.10 Å². The van der Waals surface area contributed by atoms with Crippen molar-refractivity contribution in [3.63, 3.8) is 0 Å². The van der Waals surface area contributed by atoms with Crippen LogP contribution in [-0.4, -0.2) is 19.7 Å². The van der Waals surface area contributed by atoms with Crippen molar-refractivity contribution in [2.75, 3.05) is 5.32 Å². The minimum absolute atomic E-state index is 0.310. The van der Waals surface area contributed by atoms with Crippen molar-refractivity contribution >= 4 is 16.9 Å². The molecule has 0 aliphatic carbocycles. The van der Waals surface area contributed by atoms with Gasteiger partial charge >= 0.3 is 0 Å². The molecular formula is C20H18FN5. The molecule has 0 unspecified atom stereocenters. The van der Waals surface area contributed by atoms with Crippen LogP contribution in [-0.2, 0) is 6.54 Å². The first-order valence-electron chi connectivity index (χ1n) is 8.37. The number of fused-ring (bicyclic) bond motifs is 1. The predicted octanol–water partition coefficient (Wildman–Crippen LogP) is 4.18. The monoisotopic (exact) mass is 347 g/mol. The van der Waals surface area contributed by atoms with Crippen molar-refractivity contribution in [1.29, 1.82) is 0 Å². The van der Waals surface area contributed by atoms with Gasteiger partial charge in [0.25, 0.3) is 0 Å². The van der Waals surface area contributed by atoms with Crippen molar-refractivity contribution in [2.24, 2.45) is 0 Å². The Labute approximate surface area is 150 Å². The molecule has 0 saturated carbocycles. The van der Waals surface area contributed by atoms with Crippen LogP contribution in [0.2, 0.25) is 0 Å². The van der Waals surface area contributed by atoms with E-state index in [2.05, 4.69) is 51.6 Å². The summed E-state index contributed by atoms with van der Waals surface area (Å²) in [6.45, 7) is 4.62. The average molecular weight is 347 g/mol. The van der Waals surface area contributed by atoms with E-state index >= 15 is 0 Å². The zero-order valence-corrected chi connectivity index (χ0v) is 14.6. The number of nitrogens with zero attached hydrogens (tertiary/aromatic N) is 4. The van der Waals surface area contributed by atoms with Crippen molar-refractivity contribution in [2.45, 2.75) is 20.4 Å². The molecule has 5 nitrogen and oxygen atoms in total. The Balaban J connectivity index is 1.71. The van der Waals surface area contributed by atoms with Crippen LogP contribution in [0, 0.1) is 19.7 Å². The van der Waals surface area contributed by atoms with Gasteiger partial charge in [0.2, 0.25) is 0 Å². The maximum atomic E-state index is 13.6. The van der Waals surface area contributed by atoms with Gasteiger partial charge in [-0.15, -0.1) is 0 Å². The molecule has 0 aliphatic rings. The van der Waals surface area contributed by atoms with E-state index in [0.717, 1.165) is 22.5 Å². The second kappa shape index (κ2) is 6.55.